The van der Waals surface area contributed by atoms with Crippen molar-refractivity contribution in [2.45, 2.75) is 31.6 Å². The highest BCUT2D eigenvalue weighted by Crippen LogP contribution is 2.35. The average molecular weight is 336 g/mol. The summed E-state index contributed by atoms with van der Waals surface area (Å²) in [5.74, 6) is 1.99. The van der Waals surface area contributed by atoms with Crippen LogP contribution in [0.15, 0.2) is 17.2 Å². The van der Waals surface area contributed by atoms with Crippen LogP contribution in [-0.4, -0.2) is 32.5 Å². The lowest BCUT2D eigenvalue weighted by Gasteiger charge is -2.16. The molecule has 0 aliphatic carbocycles. The molecule has 0 saturated carbocycles. The van der Waals surface area contributed by atoms with Crippen LogP contribution in [0.4, 0.5) is 5.82 Å². The van der Waals surface area contributed by atoms with Crippen LogP contribution in [0.25, 0.3) is 0 Å². The van der Waals surface area contributed by atoms with Gasteiger partial charge >= 0.3 is 0 Å². The molecule has 8 heteroatoms. The molecule has 2 N–H and O–H groups in total. The van der Waals surface area contributed by atoms with Crippen molar-refractivity contribution < 1.29 is 13.7 Å². The van der Waals surface area contributed by atoms with Gasteiger partial charge in [0.2, 0.25) is 5.88 Å². The molecule has 1 unspecified atom stereocenters. The van der Waals surface area contributed by atoms with Crippen LogP contribution >= 0.6 is 0 Å². The van der Waals surface area contributed by atoms with Crippen LogP contribution in [0.2, 0.25) is 0 Å². The molecule has 0 aromatic carbocycles. The molecule has 7 nitrogen and oxygen atoms in total. The van der Waals surface area contributed by atoms with Gasteiger partial charge in [-0.2, -0.15) is 0 Å². The molecule has 0 amide bonds. The Morgan fingerprint density at radius 1 is 1.26 bits per heavy atom. The Balaban J connectivity index is 2.55. The van der Waals surface area contributed by atoms with Gasteiger partial charge < -0.3 is 15.2 Å². The number of hydrogen-bond donors (Lipinski definition) is 1. The Bertz CT molecular complexity index is 750. The summed E-state index contributed by atoms with van der Waals surface area (Å²) in [6, 6.07) is 1.66. The van der Waals surface area contributed by atoms with Gasteiger partial charge in [0, 0.05) is 12.3 Å². The Kier molecular flexibility index (Phi) is 5.15. The first-order chi connectivity index (χ1) is 10.8. The molecule has 0 spiro atoms. The predicted molar refractivity (Wildman–Crippen MR) is 88.5 cm³/mol. The van der Waals surface area contributed by atoms with Crippen molar-refractivity contribution in [1.29, 1.82) is 0 Å². The SMILES string of the molecule is COc1nc(C(C)C)c(Oc2cnc(C)nc2N)cc1S(C)=O. The molecule has 23 heavy (non-hydrogen) atoms. The molecule has 1 atom stereocenters. The van der Waals surface area contributed by atoms with Gasteiger partial charge in [-0.1, -0.05) is 13.8 Å². The summed E-state index contributed by atoms with van der Waals surface area (Å²) in [6.45, 7) is 5.70. The summed E-state index contributed by atoms with van der Waals surface area (Å²) in [4.78, 5) is 13.0. The zero-order valence-corrected chi connectivity index (χ0v) is 14.6. The maximum atomic E-state index is 11.9. The summed E-state index contributed by atoms with van der Waals surface area (Å²) >= 11 is 0. The summed E-state index contributed by atoms with van der Waals surface area (Å²) in [5, 5.41) is 0. The van der Waals surface area contributed by atoms with E-state index in [0.29, 0.717) is 33.8 Å². The smallest absolute Gasteiger partial charge is 0.230 e. The van der Waals surface area contributed by atoms with E-state index in [2.05, 4.69) is 15.0 Å². The summed E-state index contributed by atoms with van der Waals surface area (Å²) in [6.07, 6.45) is 3.07. The number of ether oxygens (including phenoxy) is 2. The van der Waals surface area contributed by atoms with Crippen molar-refractivity contribution in [3.63, 3.8) is 0 Å². The Hall–Kier alpha value is -2.22. The molecule has 0 saturated heterocycles. The first-order valence-corrected chi connectivity index (χ1v) is 8.58. The third kappa shape index (κ3) is 3.76. The minimum atomic E-state index is -1.27. The van der Waals surface area contributed by atoms with Crippen molar-refractivity contribution in [1.82, 2.24) is 15.0 Å². The van der Waals surface area contributed by atoms with Crippen molar-refractivity contribution in [2.75, 3.05) is 19.1 Å². The normalized spacial score (nSPS) is 12.3. The molecule has 2 aromatic rings. The largest absolute Gasteiger partial charge is 0.480 e. The number of hydrogen-bond acceptors (Lipinski definition) is 7. The highest BCUT2D eigenvalue weighted by atomic mass is 32.2. The summed E-state index contributed by atoms with van der Waals surface area (Å²) < 4.78 is 23.0. The van der Waals surface area contributed by atoms with Crippen LogP contribution < -0.4 is 15.2 Å². The van der Waals surface area contributed by atoms with E-state index in [1.54, 1.807) is 19.2 Å². The minimum absolute atomic E-state index is 0.0748. The van der Waals surface area contributed by atoms with Crippen molar-refractivity contribution in [3.8, 4) is 17.4 Å². The molecular formula is C15H20N4O3S. The van der Waals surface area contributed by atoms with Crippen molar-refractivity contribution in [2.24, 2.45) is 0 Å². The second kappa shape index (κ2) is 6.91. The van der Waals surface area contributed by atoms with Gasteiger partial charge in [0.1, 0.15) is 10.7 Å². The van der Waals surface area contributed by atoms with Gasteiger partial charge in [0.05, 0.1) is 29.8 Å². The van der Waals surface area contributed by atoms with Gasteiger partial charge in [-0.25, -0.2) is 15.0 Å². The van der Waals surface area contributed by atoms with Crippen LogP contribution in [0.5, 0.6) is 17.4 Å². The maximum Gasteiger partial charge on any atom is 0.230 e. The Morgan fingerprint density at radius 3 is 2.48 bits per heavy atom. The van der Waals surface area contributed by atoms with Crippen molar-refractivity contribution >= 4 is 16.6 Å². The molecule has 2 heterocycles. The fraction of sp³-hybridized carbons (Fsp3) is 0.400. The van der Waals surface area contributed by atoms with Crippen LogP contribution in [0.1, 0.15) is 31.3 Å². The van der Waals surface area contributed by atoms with Crippen molar-refractivity contribution in [3.05, 3.63) is 23.8 Å². The van der Waals surface area contributed by atoms with E-state index in [0.717, 1.165) is 0 Å². The number of aromatic nitrogens is 3. The highest BCUT2D eigenvalue weighted by molar-refractivity contribution is 7.84. The molecule has 0 radical (unpaired) electrons. The van der Waals surface area contributed by atoms with Crippen LogP contribution in [0.3, 0.4) is 0 Å². The van der Waals surface area contributed by atoms with E-state index >= 15 is 0 Å². The first kappa shape index (κ1) is 17.1. The molecule has 0 fully saturated rings. The van der Waals surface area contributed by atoms with Gasteiger partial charge in [-0.15, -0.1) is 0 Å². The molecule has 0 aliphatic rings. The second-order valence-electron chi connectivity index (χ2n) is 5.26. The maximum absolute atomic E-state index is 11.9. The van der Waals surface area contributed by atoms with E-state index in [1.165, 1.54) is 13.3 Å². The van der Waals surface area contributed by atoms with E-state index in [-0.39, 0.29) is 11.7 Å². The number of nitrogens with zero attached hydrogens (tertiary/aromatic N) is 3. The molecule has 0 bridgehead atoms. The number of pyridine rings is 1. The third-order valence-electron chi connectivity index (χ3n) is 3.12. The number of rotatable bonds is 5. The quantitative estimate of drug-likeness (QED) is 0.895. The van der Waals surface area contributed by atoms with Gasteiger partial charge in [0.25, 0.3) is 0 Å². The topological polar surface area (TPSA) is 100 Å². The van der Waals surface area contributed by atoms with Gasteiger partial charge in [0.15, 0.2) is 17.3 Å². The van der Waals surface area contributed by atoms with Crippen LogP contribution in [-0.2, 0) is 10.8 Å². The predicted octanol–water partition coefficient (Wildman–Crippen LogP) is 2.42. The number of nitrogen functional groups attached to an aromatic ring is 1. The second-order valence-corrected chi connectivity index (χ2v) is 6.60. The van der Waals surface area contributed by atoms with E-state index in [4.69, 9.17) is 15.2 Å². The Morgan fingerprint density at radius 2 is 1.96 bits per heavy atom. The zero-order chi connectivity index (χ0) is 17.1. The van der Waals surface area contributed by atoms with E-state index < -0.39 is 10.8 Å². The first-order valence-electron chi connectivity index (χ1n) is 7.02. The lowest BCUT2D eigenvalue weighted by Crippen LogP contribution is -2.06. The fourth-order valence-electron chi connectivity index (χ4n) is 2.00. The van der Waals surface area contributed by atoms with E-state index in [9.17, 15) is 4.21 Å². The highest BCUT2D eigenvalue weighted by Gasteiger charge is 2.19. The number of nitrogens with two attached hydrogens (primary N) is 1. The fourth-order valence-corrected chi connectivity index (χ4v) is 2.64. The minimum Gasteiger partial charge on any atom is -0.480 e. The lowest BCUT2D eigenvalue weighted by molar-refractivity contribution is 0.378. The average Bonchev–Trinajstić information content (AvgIpc) is 2.49. The Labute approximate surface area is 137 Å². The summed E-state index contributed by atoms with van der Waals surface area (Å²) in [7, 11) is 0.226. The van der Waals surface area contributed by atoms with E-state index in [1.807, 2.05) is 13.8 Å². The lowest BCUT2D eigenvalue weighted by atomic mass is 10.1. The number of methoxy groups -OCH3 is 1. The van der Waals surface area contributed by atoms with Crippen LogP contribution in [0, 0.1) is 6.92 Å². The molecule has 0 aliphatic heterocycles. The third-order valence-corrected chi connectivity index (χ3v) is 4.03. The standard InChI is InChI=1S/C15H20N4O3S/c1-8(2)13-10(6-12(23(5)20)15(19-13)21-4)22-11-7-17-9(3)18-14(11)16/h6-8H,1-5H3,(H2,16,17,18). The molecule has 2 aromatic heterocycles. The molecular weight excluding hydrogens is 316 g/mol. The van der Waals surface area contributed by atoms with Gasteiger partial charge in [-0.05, 0) is 12.8 Å². The zero-order valence-electron chi connectivity index (χ0n) is 13.8. The summed E-state index contributed by atoms with van der Waals surface area (Å²) in [5.41, 5.74) is 6.55. The number of aryl methyl sites for hydroxylation is 1. The molecule has 124 valence electrons. The van der Waals surface area contributed by atoms with Gasteiger partial charge in [-0.3, -0.25) is 4.21 Å². The molecule has 2 rings (SSSR count). The monoisotopic (exact) mass is 336 g/mol. The number of anilines is 1.